The van der Waals surface area contributed by atoms with Crippen molar-refractivity contribution < 1.29 is 4.74 Å². The highest BCUT2D eigenvalue weighted by Crippen LogP contribution is 2.32. The highest BCUT2D eigenvalue weighted by Gasteiger charge is 2.22. The molecule has 0 N–H and O–H groups in total. The molecule has 5 aromatic rings. The highest BCUT2D eigenvalue weighted by atomic mass is 16.5. The zero-order chi connectivity index (χ0) is 22.9. The van der Waals surface area contributed by atoms with E-state index in [0.29, 0.717) is 17.4 Å². The molecule has 10 heteroatoms. The van der Waals surface area contributed by atoms with E-state index in [2.05, 4.69) is 42.3 Å². The van der Waals surface area contributed by atoms with E-state index in [1.54, 1.807) is 15.4 Å². The largest absolute Gasteiger partial charge is 0.467 e. The third-order valence-corrected chi connectivity index (χ3v) is 6.05. The van der Waals surface area contributed by atoms with E-state index in [0.717, 1.165) is 54.1 Å². The third kappa shape index (κ3) is 3.72. The van der Waals surface area contributed by atoms with Gasteiger partial charge in [0.1, 0.15) is 18.6 Å². The molecule has 1 saturated heterocycles. The van der Waals surface area contributed by atoms with Gasteiger partial charge in [-0.1, -0.05) is 24.3 Å². The summed E-state index contributed by atoms with van der Waals surface area (Å²) in [4.78, 5) is 10.8. The number of hydrogen-bond donors (Lipinski definition) is 0. The maximum Gasteiger partial charge on any atom is 0.256 e. The van der Waals surface area contributed by atoms with Crippen LogP contribution in [0.1, 0.15) is 18.7 Å². The van der Waals surface area contributed by atoms with Gasteiger partial charge in [0.25, 0.3) is 5.88 Å². The van der Waals surface area contributed by atoms with Crippen molar-refractivity contribution >= 4 is 11.3 Å². The Kier molecular flexibility index (Phi) is 5.10. The molecule has 170 valence electrons. The first kappa shape index (κ1) is 20.3. The van der Waals surface area contributed by atoms with Crippen molar-refractivity contribution in [1.29, 1.82) is 0 Å². The zero-order valence-electron chi connectivity index (χ0n) is 18.7. The molecule has 0 aliphatic carbocycles. The number of pyridine rings is 1. The summed E-state index contributed by atoms with van der Waals surface area (Å²) in [7, 11) is 1.84. The number of ether oxygens (including phenoxy) is 1. The Morgan fingerprint density at radius 3 is 2.62 bits per heavy atom. The lowest BCUT2D eigenvalue weighted by atomic mass is 10.0. The SMILES string of the molecule is Cn1ncnc1COc1nn2c(-c3cccc(-c4cccnc4)c3)nnc2cc1N1CCCC1. The van der Waals surface area contributed by atoms with E-state index in [-0.39, 0.29) is 6.61 Å². The number of benzene rings is 1. The Morgan fingerprint density at radius 1 is 0.971 bits per heavy atom. The molecule has 1 aliphatic rings. The summed E-state index contributed by atoms with van der Waals surface area (Å²) < 4.78 is 9.62. The molecule has 5 heterocycles. The van der Waals surface area contributed by atoms with E-state index in [1.165, 1.54) is 6.33 Å². The smallest absolute Gasteiger partial charge is 0.256 e. The summed E-state index contributed by atoms with van der Waals surface area (Å²) in [5.41, 5.74) is 4.60. The van der Waals surface area contributed by atoms with Crippen molar-refractivity contribution in [3.8, 4) is 28.4 Å². The predicted octanol–water partition coefficient (Wildman–Crippen LogP) is 3.16. The lowest BCUT2D eigenvalue weighted by Gasteiger charge is -2.20. The second-order valence-electron chi connectivity index (χ2n) is 8.23. The fourth-order valence-electron chi connectivity index (χ4n) is 4.23. The van der Waals surface area contributed by atoms with Gasteiger partial charge >= 0.3 is 0 Å². The maximum absolute atomic E-state index is 6.18. The van der Waals surface area contributed by atoms with Crippen LogP contribution in [-0.2, 0) is 13.7 Å². The summed E-state index contributed by atoms with van der Waals surface area (Å²) in [6.07, 6.45) is 7.42. The van der Waals surface area contributed by atoms with Gasteiger partial charge in [-0.3, -0.25) is 9.67 Å². The molecular weight excluding hydrogens is 430 g/mol. The monoisotopic (exact) mass is 453 g/mol. The van der Waals surface area contributed by atoms with Crippen molar-refractivity contribution in [1.82, 2.24) is 39.6 Å². The molecule has 0 atom stereocenters. The molecule has 4 aromatic heterocycles. The second-order valence-corrected chi connectivity index (χ2v) is 8.23. The molecule has 0 bridgehead atoms. The van der Waals surface area contributed by atoms with Crippen LogP contribution in [-0.4, -0.2) is 52.6 Å². The number of fused-ring (bicyclic) bond motifs is 1. The van der Waals surface area contributed by atoms with Gasteiger partial charge in [0.15, 0.2) is 17.3 Å². The zero-order valence-corrected chi connectivity index (χ0v) is 18.7. The van der Waals surface area contributed by atoms with Gasteiger partial charge in [-0.2, -0.15) is 9.61 Å². The summed E-state index contributed by atoms with van der Waals surface area (Å²) >= 11 is 0. The number of aryl methyl sites for hydroxylation is 1. The van der Waals surface area contributed by atoms with Gasteiger partial charge in [-0.25, -0.2) is 4.98 Å². The Morgan fingerprint density at radius 2 is 1.82 bits per heavy atom. The summed E-state index contributed by atoms with van der Waals surface area (Å²) in [5.74, 6) is 1.90. The van der Waals surface area contributed by atoms with Crippen LogP contribution >= 0.6 is 0 Å². The predicted molar refractivity (Wildman–Crippen MR) is 126 cm³/mol. The Bertz CT molecular complexity index is 1440. The van der Waals surface area contributed by atoms with Crippen LogP contribution in [0.3, 0.4) is 0 Å². The topological polar surface area (TPSA) is 99.1 Å². The van der Waals surface area contributed by atoms with Crippen molar-refractivity contribution in [3.63, 3.8) is 0 Å². The van der Waals surface area contributed by atoms with E-state index in [9.17, 15) is 0 Å². The lowest BCUT2D eigenvalue weighted by Crippen LogP contribution is -2.20. The minimum atomic E-state index is 0.268. The van der Waals surface area contributed by atoms with Crippen molar-refractivity contribution in [2.75, 3.05) is 18.0 Å². The molecule has 34 heavy (non-hydrogen) atoms. The van der Waals surface area contributed by atoms with Gasteiger partial charge < -0.3 is 9.64 Å². The average Bonchev–Trinajstić information content (AvgIpc) is 3.64. The first-order valence-corrected chi connectivity index (χ1v) is 11.2. The van der Waals surface area contributed by atoms with Gasteiger partial charge in [0.2, 0.25) is 0 Å². The minimum Gasteiger partial charge on any atom is -0.467 e. The van der Waals surface area contributed by atoms with E-state index in [4.69, 9.17) is 9.84 Å². The first-order chi connectivity index (χ1) is 16.8. The quantitative estimate of drug-likeness (QED) is 0.387. The third-order valence-electron chi connectivity index (χ3n) is 6.05. The van der Waals surface area contributed by atoms with Crippen LogP contribution in [0, 0.1) is 0 Å². The van der Waals surface area contributed by atoms with Gasteiger partial charge in [0, 0.05) is 49.7 Å². The fourth-order valence-corrected chi connectivity index (χ4v) is 4.23. The van der Waals surface area contributed by atoms with Crippen molar-refractivity contribution in [2.24, 2.45) is 7.05 Å². The van der Waals surface area contributed by atoms with E-state index >= 15 is 0 Å². The molecule has 10 nitrogen and oxygen atoms in total. The van der Waals surface area contributed by atoms with Crippen molar-refractivity contribution in [2.45, 2.75) is 19.4 Å². The Labute approximate surface area is 195 Å². The first-order valence-electron chi connectivity index (χ1n) is 11.2. The van der Waals surface area contributed by atoms with Crippen molar-refractivity contribution in [3.05, 3.63) is 67.0 Å². The average molecular weight is 454 g/mol. The minimum absolute atomic E-state index is 0.268. The fraction of sp³-hybridized carbons (Fsp3) is 0.250. The molecule has 6 rings (SSSR count). The van der Waals surface area contributed by atoms with Gasteiger partial charge in [-0.15, -0.1) is 15.3 Å². The highest BCUT2D eigenvalue weighted by molar-refractivity contribution is 5.71. The second kappa shape index (κ2) is 8.54. The lowest BCUT2D eigenvalue weighted by molar-refractivity contribution is 0.275. The number of anilines is 1. The number of rotatable bonds is 6. The van der Waals surface area contributed by atoms with Gasteiger partial charge in [0.05, 0.1) is 0 Å². The molecule has 0 radical (unpaired) electrons. The van der Waals surface area contributed by atoms with E-state index in [1.807, 2.05) is 43.6 Å². The summed E-state index contributed by atoms with van der Waals surface area (Å²) in [6, 6.07) is 14.1. The number of aromatic nitrogens is 8. The van der Waals surface area contributed by atoms with Crippen LogP contribution in [0.25, 0.3) is 28.2 Å². The number of hydrogen-bond acceptors (Lipinski definition) is 8. The number of nitrogens with zero attached hydrogens (tertiary/aromatic N) is 9. The molecule has 0 spiro atoms. The van der Waals surface area contributed by atoms with Crippen LogP contribution in [0.15, 0.2) is 61.2 Å². The maximum atomic E-state index is 6.18. The molecule has 0 saturated carbocycles. The van der Waals surface area contributed by atoms with Crippen LogP contribution < -0.4 is 9.64 Å². The molecule has 1 aliphatic heterocycles. The molecule has 1 aromatic carbocycles. The molecule has 0 amide bonds. The normalized spacial score (nSPS) is 13.6. The van der Waals surface area contributed by atoms with Crippen LogP contribution in [0.5, 0.6) is 5.88 Å². The molecule has 0 unspecified atom stereocenters. The van der Waals surface area contributed by atoms with Crippen LogP contribution in [0.2, 0.25) is 0 Å². The standard InChI is InChI=1S/C24H23N9O/c1-31-22(26-16-27-31)15-34-24-20(32-10-2-3-11-32)13-21-28-29-23(33(21)30-24)18-7-4-6-17(12-18)19-8-5-9-25-14-19/h4-9,12-14,16H,2-3,10-11,15H2,1H3. The Hall–Kier alpha value is -4.34. The summed E-state index contributed by atoms with van der Waals surface area (Å²) in [5, 5.41) is 17.9. The molecule has 1 fully saturated rings. The van der Waals surface area contributed by atoms with Crippen LogP contribution in [0.4, 0.5) is 5.69 Å². The summed E-state index contributed by atoms with van der Waals surface area (Å²) in [6.45, 7) is 2.20. The van der Waals surface area contributed by atoms with E-state index < -0.39 is 0 Å². The molecular formula is C24H23N9O. The Balaban J connectivity index is 1.41. The van der Waals surface area contributed by atoms with Gasteiger partial charge in [-0.05, 0) is 30.5 Å².